The number of benzene rings is 3. The van der Waals surface area contributed by atoms with E-state index in [9.17, 15) is 9.59 Å². The monoisotopic (exact) mass is 806 g/mol. The third-order valence-corrected chi connectivity index (χ3v) is 9.36. The Morgan fingerprint density at radius 2 is 1.83 bits per heavy atom. The molecule has 3 aromatic carbocycles. The van der Waals surface area contributed by atoms with Crippen molar-refractivity contribution in [3.05, 3.63) is 115 Å². The maximum atomic E-state index is 14.0. The number of fused-ring (bicyclic) bond motifs is 2. The highest BCUT2D eigenvalue weighted by Gasteiger charge is 2.34. The second-order valence-electron chi connectivity index (χ2n) is 9.50. The predicted octanol–water partition coefficient (Wildman–Crippen LogP) is 5.32. The molecule has 42 heavy (non-hydrogen) atoms. The van der Waals surface area contributed by atoms with Gasteiger partial charge in [-0.25, -0.2) is 9.79 Å². The van der Waals surface area contributed by atoms with Crippen molar-refractivity contribution in [2.24, 2.45) is 4.99 Å². The summed E-state index contributed by atoms with van der Waals surface area (Å²) in [7, 11) is 0. The van der Waals surface area contributed by atoms with E-state index in [0.29, 0.717) is 44.3 Å². The number of carbonyl (C=O) groups excluding carboxylic acids is 1. The Hall–Kier alpha value is -3.17. The van der Waals surface area contributed by atoms with Gasteiger partial charge < -0.3 is 18.9 Å². The summed E-state index contributed by atoms with van der Waals surface area (Å²) < 4.78 is 26.5. The summed E-state index contributed by atoms with van der Waals surface area (Å²) in [6.07, 6.45) is 1.86. The molecule has 2 aliphatic rings. The lowest BCUT2D eigenvalue weighted by atomic mass is 9.95. The number of ether oxygens (including phenoxy) is 4. The van der Waals surface area contributed by atoms with Crippen molar-refractivity contribution in [2.75, 3.05) is 13.4 Å². The molecule has 0 radical (unpaired) electrons. The third kappa shape index (κ3) is 5.61. The van der Waals surface area contributed by atoms with Crippen LogP contribution in [0.4, 0.5) is 0 Å². The summed E-state index contributed by atoms with van der Waals surface area (Å²) in [5.41, 5.74) is 3.23. The Bertz CT molecular complexity index is 1890. The molecule has 0 saturated carbocycles. The Balaban J connectivity index is 1.41. The van der Waals surface area contributed by atoms with Gasteiger partial charge in [-0.15, -0.1) is 0 Å². The van der Waals surface area contributed by atoms with Gasteiger partial charge in [-0.05, 0) is 106 Å². The molecule has 1 aromatic heterocycles. The van der Waals surface area contributed by atoms with Crippen LogP contribution in [0, 0.1) is 7.14 Å². The van der Waals surface area contributed by atoms with Crippen LogP contribution in [-0.2, 0) is 16.1 Å². The number of thiazole rings is 1. The van der Waals surface area contributed by atoms with E-state index in [2.05, 4.69) is 50.2 Å². The Kier molecular flexibility index (Phi) is 8.41. The highest BCUT2D eigenvalue weighted by molar-refractivity contribution is 14.1. The van der Waals surface area contributed by atoms with Crippen molar-refractivity contribution in [2.45, 2.75) is 26.5 Å². The van der Waals surface area contributed by atoms with Crippen molar-refractivity contribution in [1.82, 2.24) is 4.57 Å². The first-order valence-corrected chi connectivity index (χ1v) is 16.1. The van der Waals surface area contributed by atoms with Crippen LogP contribution in [0.2, 0.25) is 0 Å². The van der Waals surface area contributed by atoms with Crippen LogP contribution in [0.1, 0.15) is 36.6 Å². The minimum atomic E-state index is -0.731. The van der Waals surface area contributed by atoms with Crippen molar-refractivity contribution in [3.8, 4) is 17.2 Å². The number of hydrogen-bond acceptors (Lipinski definition) is 8. The van der Waals surface area contributed by atoms with Gasteiger partial charge in [0.2, 0.25) is 6.79 Å². The summed E-state index contributed by atoms with van der Waals surface area (Å²) in [6, 6.07) is 18.7. The average Bonchev–Trinajstić information content (AvgIpc) is 3.56. The number of hydrogen-bond donors (Lipinski definition) is 0. The van der Waals surface area contributed by atoms with Gasteiger partial charge in [0.05, 0.1) is 35.6 Å². The normalized spacial score (nSPS) is 15.8. The lowest BCUT2D eigenvalue weighted by Crippen LogP contribution is -2.39. The molecule has 8 nitrogen and oxygen atoms in total. The minimum Gasteiger partial charge on any atom is -0.487 e. The fourth-order valence-corrected chi connectivity index (χ4v) is 8.05. The van der Waals surface area contributed by atoms with E-state index in [-0.39, 0.29) is 19.0 Å². The Labute approximate surface area is 272 Å². The smallest absolute Gasteiger partial charge is 0.338 e. The van der Waals surface area contributed by atoms with Crippen molar-refractivity contribution in [3.63, 3.8) is 0 Å². The number of esters is 1. The van der Waals surface area contributed by atoms with Crippen molar-refractivity contribution in [1.29, 1.82) is 0 Å². The van der Waals surface area contributed by atoms with Crippen LogP contribution in [0.15, 0.2) is 81.7 Å². The fourth-order valence-electron chi connectivity index (χ4n) is 4.87. The first-order chi connectivity index (χ1) is 20.3. The van der Waals surface area contributed by atoms with Gasteiger partial charge in [0, 0.05) is 0 Å². The molecule has 0 N–H and O–H groups in total. The summed E-state index contributed by atoms with van der Waals surface area (Å²) >= 11 is 5.80. The molecule has 3 heterocycles. The van der Waals surface area contributed by atoms with Crippen LogP contribution in [-0.4, -0.2) is 23.9 Å². The Morgan fingerprint density at radius 1 is 1.10 bits per heavy atom. The maximum Gasteiger partial charge on any atom is 0.338 e. The number of halogens is 2. The average molecular weight is 806 g/mol. The van der Waals surface area contributed by atoms with Crippen LogP contribution in [0.25, 0.3) is 6.08 Å². The zero-order valence-corrected chi connectivity index (χ0v) is 27.7. The number of carbonyl (C=O) groups is 1. The van der Waals surface area contributed by atoms with Gasteiger partial charge >= 0.3 is 5.97 Å². The van der Waals surface area contributed by atoms with Gasteiger partial charge in [0.1, 0.15) is 12.4 Å². The summed E-state index contributed by atoms with van der Waals surface area (Å²) in [4.78, 5) is 32.3. The number of aromatic nitrogens is 1. The predicted molar refractivity (Wildman–Crippen MR) is 176 cm³/mol. The maximum absolute atomic E-state index is 14.0. The molecule has 214 valence electrons. The third-order valence-electron chi connectivity index (χ3n) is 6.77. The molecule has 0 saturated heterocycles. The van der Waals surface area contributed by atoms with Gasteiger partial charge in [0.25, 0.3) is 5.56 Å². The van der Waals surface area contributed by atoms with Gasteiger partial charge in [-0.3, -0.25) is 9.36 Å². The van der Waals surface area contributed by atoms with Crippen molar-refractivity contribution >= 4 is 68.6 Å². The molecule has 11 heteroatoms. The Morgan fingerprint density at radius 3 is 2.57 bits per heavy atom. The molecule has 0 bridgehead atoms. The zero-order chi connectivity index (χ0) is 29.4. The van der Waals surface area contributed by atoms with Crippen molar-refractivity contribution < 1.29 is 23.7 Å². The summed E-state index contributed by atoms with van der Waals surface area (Å²) in [6.45, 7) is 4.30. The number of nitrogens with zero attached hydrogens (tertiary/aromatic N) is 2. The largest absolute Gasteiger partial charge is 0.487 e. The molecule has 0 unspecified atom stereocenters. The molecular formula is C31H24I2N2O6S. The van der Waals surface area contributed by atoms with E-state index in [0.717, 1.165) is 24.0 Å². The molecular weight excluding hydrogens is 782 g/mol. The topological polar surface area (TPSA) is 88.4 Å². The van der Waals surface area contributed by atoms with Gasteiger partial charge in [-0.2, -0.15) is 0 Å². The molecule has 0 aliphatic carbocycles. The van der Waals surface area contributed by atoms with Crippen LogP contribution >= 0.6 is 56.5 Å². The number of rotatable bonds is 7. The van der Waals surface area contributed by atoms with E-state index < -0.39 is 12.0 Å². The van der Waals surface area contributed by atoms with Crippen LogP contribution in [0.3, 0.4) is 0 Å². The van der Waals surface area contributed by atoms with E-state index in [1.807, 2.05) is 54.6 Å². The lowest BCUT2D eigenvalue weighted by molar-refractivity contribution is -0.139. The lowest BCUT2D eigenvalue weighted by Gasteiger charge is -2.24. The van der Waals surface area contributed by atoms with Gasteiger partial charge in [0.15, 0.2) is 16.3 Å². The number of allylic oxidation sites excluding steroid dienone is 1. The first-order valence-electron chi connectivity index (χ1n) is 13.1. The first kappa shape index (κ1) is 28.9. The molecule has 6 rings (SSSR count). The molecule has 2 aliphatic heterocycles. The standard InChI is InChI=1S/C31H24I2N2O6S/c1-3-38-30(37)26-17(2)34-31-35(27(26)20-9-10-23-24(14-20)41-16-40-23)29(36)25(42-31)13-19-11-21(32)28(22(33)12-19)39-15-18-7-5-4-6-8-18/h4-14,27H,3,15-16H2,1-2H3/b25-13-/t27-/m1/s1. The second-order valence-corrected chi connectivity index (χ2v) is 12.8. The van der Waals surface area contributed by atoms with E-state index in [1.54, 1.807) is 30.5 Å². The van der Waals surface area contributed by atoms with E-state index in [4.69, 9.17) is 18.9 Å². The summed E-state index contributed by atoms with van der Waals surface area (Å²) in [5.74, 6) is 1.47. The van der Waals surface area contributed by atoms with E-state index in [1.165, 1.54) is 11.3 Å². The highest BCUT2D eigenvalue weighted by atomic mass is 127. The summed E-state index contributed by atoms with van der Waals surface area (Å²) in [5, 5.41) is 0. The van der Waals surface area contributed by atoms with Crippen LogP contribution in [0.5, 0.6) is 17.2 Å². The minimum absolute atomic E-state index is 0.120. The van der Waals surface area contributed by atoms with Crippen LogP contribution < -0.4 is 29.1 Å². The SMILES string of the molecule is CCOC(=O)C1=C(C)N=c2s/c(=C\c3cc(I)c(OCc4ccccc4)c(I)c3)c(=O)n2[C@@H]1c1ccc2c(c1)OCO2. The molecule has 0 fully saturated rings. The second kappa shape index (κ2) is 12.2. The highest BCUT2D eigenvalue weighted by Crippen LogP contribution is 2.38. The molecule has 0 spiro atoms. The molecule has 0 amide bonds. The van der Waals surface area contributed by atoms with Gasteiger partial charge in [-0.1, -0.05) is 47.7 Å². The quantitative estimate of drug-likeness (QED) is 0.186. The van der Waals surface area contributed by atoms with E-state index >= 15 is 0 Å². The fraction of sp³-hybridized carbons (Fsp3) is 0.194. The molecule has 1 atom stereocenters. The molecule has 4 aromatic rings. The zero-order valence-electron chi connectivity index (χ0n) is 22.6.